The number of tetrazole rings is 1. The van der Waals surface area contributed by atoms with E-state index in [2.05, 4.69) is 61.2 Å². The Balaban J connectivity index is 2.01. The van der Waals surface area contributed by atoms with Crippen molar-refractivity contribution in [3.63, 3.8) is 0 Å². The maximum Gasteiger partial charge on any atom is 0.257 e. The van der Waals surface area contributed by atoms with Gasteiger partial charge in [-0.15, -0.1) is 5.10 Å². The quantitative estimate of drug-likeness (QED) is 0.509. The highest BCUT2D eigenvalue weighted by atomic mass is 16.3. The number of benzene rings is 1. The van der Waals surface area contributed by atoms with Crippen molar-refractivity contribution in [2.75, 3.05) is 13.2 Å². The fourth-order valence-corrected chi connectivity index (χ4v) is 4.13. The number of nitrogens with one attached hydrogen (secondary N) is 2. The molecule has 3 aromatic rings. The summed E-state index contributed by atoms with van der Waals surface area (Å²) >= 11 is 0. The molecule has 0 amide bonds. The van der Waals surface area contributed by atoms with Crippen molar-refractivity contribution in [3.05, 3.63) is 51.1 Å². The predicted molar refractivity (Wildman–Crippen MR) is 121 cm³/mol. The van der Waals surface area contributed by atoms with Gasteiger partial charge in [-0.25, -0.2) is 4.68 Å². The summed E-state index contributed by atoms with van der Waals surface area (Å²) in [6.07, 6.45) is 1.47. The molecule has 0 spiro atoms. The molecule has 2 atom stereocenters. The van der Waals surface area contributed by atoms with Crippen LogP contribution in [0.25, 0.3) is 10.9 Å². The highest BCUT2D eigenvalue weighted by molar-refractivity contribution is 5.80. The van der Waals surface area contributed by atoms with Gasteiger partial charge >= 0.3 is 0 Å². The Kier molecular flexibility index (Phi) is 6.91. The van der Waals surface area contributed by atoms with E-state index >= 15 is 0 Å². The molecule has 0 aliphatic rings. The predicted octanol–water partition coefficient (Wildman–Crippen LogP) is 1.81. The Morgan fingerprint density at radius 2 is 1.90 bits per heavy atom. The molecule has 0 radical (unpaired) electrons. The Labute approximate surface area is 183 Å². The number of pyridine rings is 1. The molecule has 1 unspecified atom stereocenters. The molecule has 0 saturated carbocycles. The largest absolute Gasteiger partial charge is 0.396 e. The van der Waals surface area contributed by atoms with E-state index < -0.39 is 0 Å². The lowest BCUT2D eigenvalue weighted by molar-refractivity contribution is -0.946. The van der Waals surface area contributed by atoms with E-state index in [1.54, 1.807) is 0 Å². The van der Waals surface area contributed by atoms with E-state index in [1.807, 2.05) is 23.7 Å². The number of quaternary nitrogens is 1. The topological polar surface area (TPSA) is 101 Å². The molecule has 0 aliphatic carbocycles. The normalized spacial score (nSPS) is 14.2. The molecular formula is C23H35N6O2+. The van der Waals surface area contributed by atoms with Crippen LogP contribution in [0, 0.1) is 13.8 Å². The molecule has 1 aromatic carbocycles. The number of nitrogens with zero attached hydrogens (tertiary/aromatic N) is 4. The molecule has 8 heteroatoms. The highest BCUT2D eigenvalue weighted by Crippen LogP contribution is 2.20. The molecule has 3 rings (SSSR count). The SMILES string of the molecule is CC[C@@H](c1nnnn1C(C)(C)C)[NH+](CCCO)Cc1cc2cc(C)c(C)cc2[nH]c1=O. The fraction of sp³-hybridized carbons (Fsp3) is 0.565. The van der Waals surface area contributed by atoms with Crippen LogP contribution in [0.5, 0.6) is 0 Å². The van der Waals surface area contributed by atoms with E-state index in [9.17, 15) is 9.90 Å². The van der Waals surface area contributed by atoms with E-state index in [-0.39, 0.29) is 23.7 Å². The van der Waals surface area contributed by atoms with Crippen molar-refractivity contribution >= 4 is 10.9 Å². The van der Waals surface area contributed by atoms with Crippen molar-refractivity contribution in [1.29, 1.82) is 0 Å². The number of fused-ring (bicyclic) bond motifs is 1. The summed E-state index contributed by atoms with van der Waals surface area (Å²) in [5, 5.41) is 23.0. The van der Waals surface area contributed by atoms with Gasteiger partial charge in [-0.3, -0.25) is 4.79 Å². The third-order valence-corrected chi connectivity index (χ3v) is 5.95. The number of aliphatic hydroxyl groups excluding tert-OH is 1. The molecule has 2 aromatic heterocycles. The second kappa shape index (κ2) is 9.28. The molecule has 0 saturated heterocycles. The first-order valence-electron chi connectivity index (χ1n) is 11.0. The molecular weight excluding hydrogens is 392 g/mol. The van der Waals surface area contributed by atoms with Gasteiger partial charge in [0.2, 0.25) is 5.82 Å². The number of aryl methyl sites for hydroxylation is 2. The second-order valence-electron chi connectivity index (χ2n) is 9.39. The summed E-state index contributed by atoms with van der Waals surface area (Å²) < 4.78 is 1.87. The van der Waals surface area contributed by atoms with Gasteiger partial charge in [0, 0.05) is 25.0 Å². The summed E-state index contributed by atoms with van der Waals surface area (Å²) in [7, 11) is 0. The van der Waals surface area contributed by atoms with Crippen LogP contribution in [-0.4, -0.2) is 43.4 Å². The van der Waals surface area contributed by atoms with E-state index in [1.165, 1.54) is 10.5 Å². The molecule has 8 nitrogen and oxygen atoms in total. The lowest BCUT2D eigenvalue weighted by Crippen LogP contribution is -3.11. The summed E-state index contributed by atoms with van der Waals surface area (Å²) in [5.74, 6) is 0.812. The standard InChI is InChI=1S/C23H34N6O2/c1-7-20(21-25-26-27-29(21)23(4,5)6)28(9-8-10-30)14-18-13-17-11-15(2)16(3)12-19(17)24-22(18)31/h11-13,20,30H,7-10,14H2,1-6H3,(H,24,31)/p+1/t20-/m0/s1. The maximum atomic E-state index is 12.9. The Morgan fingerprint density at radius 1 is 1.19 bits per heavy atom. The van der Waals surface area contributed by atoms with Gasteiger partial charge in [-0.05, 0) is 79.8 Å². The smallest absolute Gasteiger partial charge is 0.257 e. The molecule has 0 fully saturated rings. The third kappa shape index (κ3) is 5.02. The van der Waals surface area contributed by atoms with Gasteiger partial charge in [-0.1, -0.05) is 6.92 Å². The number of hydrogen-bond donors (Lipinski definition) is 3. The summed E-state index contributed by atoms with van der Waals surface area (Å²) in [5.41, 5.74) is 3.64. The van der Waals surface area contributed by atoms with Crippen molar-refractivity contribution in [3.8, 4) is 0 Å². The summed E-state index contributed by atoms with van der Waals surface area (Å²) in [6.45, 7) is 13.8. The van der Waals surface area contributed by atoms with E-state index in [0.29, 0.717) is 13.0 Å². The van der Waals surface area contributed by atoms with Gasteiger partial charge in [-0.2, -0.15) is 0 Å². The van der Waals surface area contributed by atoms with Gasteiger partial charge in [0.05, 0.1) is 17.6 Å². The minimum atomic E-state index is -0.246. The lowest BCUT2D eigenvalue weighted by Gasteiger charge is -2.29. The zero-order valence-electron chi connectivity index (χ0n) is 19.5. The van der Waals surface area contributed by atoms with Crippen LogP contribution in [0.3, 0.4) is 0 Å². The summed E-state index contributed by atoms with van der Waals surface area (Å²) in [6, 6.07) is 6.16. The minimum Gasteiger partial charge on any atom is -0.396 e. The van der Waals surface area contributed by atoms with Crippen molar-refractivity contribution in [2.24, 2.45) is 0 Å². The Bertz CT molecular complexity index is 1100. The first-order chi connectivity index (χ1) is 14.7. The van der Waals surface area contributed by atoms with Crippen LogP contribution < -0.4 is 10.5 Å². The zero-order valence-corrected chi connectivity index (χ0v) is 19.5. The first kappa shape index (κ1) is 23.1. The van der Waals surface area contributed by atoms with Gasteiger partial charge in [0.15, 0.2) is 0 Å². The van der Waals surface area contributed by atoms with Crippen LogP contribution in [0.1, 0.15) is 69.1 Å². The molecule has 31 heavy (non-hydrogen) atoms. The third-order valence-electron chi connectivity index (χ3n) is 5.95. The van der Waals surface area contributed by atoms with Crippen LogP contribution >= 0.6 is 0 Å². The number of rotatable bonds is 8. The van der Waals surface area contributed by atoms with E-state index in [4.69, 9.17) is 0 Å². The van der Waals surface area contributed by atoms with E-state index in [0.717, 1.165) is 40.8 Å². The minimum absolute atomic E-state index is 0.00984. The summed E-state index contributed by atoms with van der Waals surface area (Å²) in [4.78, 5) is 17.1. The number of H-pyrrole nitrogens is 1. The van der Waals surface area contributed by atoms with Gasteiger partial charge < -0.3 is 15.0 Å². The molecule has 3 N–H and O–H groups in total. The lowest BCUT2D eigenvalue weighted by atomic mass is 10.0. The average Bonchev–Trinajstić information content (AvgIpc) is 3.18. The fourth-order valence-electron chi connectivity index (χ4n) is 4.13. The number of aliphatic hydroxyl groups is 1. The second-order valence-corrected chi connectivity index (χ2v) is 9.39. The van der Waals surface area contributed by atoms with Crippen molar-refractivity contribution < 1.29 is 10.0 Å². The van der Waals surface area contributed by atoms with Gasteiger partial charge in [0.1, 0.15) is 12.6 Å². The van der Waals surface area contributed by atoms with Crippen molar-refractivity contribution in [2.45, 2.75) is 72.5 Å². The van der Waals surface area contributed by atoms with Crippen molar-refractivity contribution in [1.82, 2.24) is 25.2 Å². The Morgan fingerprint density at radius 3 is 2.55 bits per heavy atom. The maximum absolute atomic E-state index is 12.9. The monoisotopic (exact) mass is 427 g/mol. The number of aromatic amines is 1. The Hall–Kier alpha value is -2.58. The zero-order chi connectivity index (χ0) is 22.8. The molecule has 2 heterocycles. The molecule has 168 valence electrons. The van der Waals surface area contributed by atoms with Gasteiger partial charge in [0.25, 0.3) is 5.56 Å². The van der Waals surface area contributed by atoms with Crippen LogP contribution in [0.15, 0.2) is 23.0 Å². The number of aromatic nitrogens is 5. The molecule has 0 bridgehead atoms. The highest BCUT2D eigenvalue weighted by Gasteiger charge is 2.32. The first-order valence-corrected chi connectivity index (χ1v) is 11.0. The van der Waals surface area contributed by atoms with Crippen LogP contribution in [-0.2, 0) is 12.1 Å². The van der Waals surface area contributed by atoms with Crippen LogP contribution in [0.4, 0.5) is 0 Å². The average molecular weight is 428 g/mol. The number of hydrogen-bond acceptors (Lipinski definition) is 5. The molecule has 0 aliphatic heterocycles. The van der Waals surface area contributed by atoms with Crippen LogP contribution in [0.2, 0.25) is 0 Å².